The van der Waals surface area contributed by atoms with Gasteiger partial charge in [0.2, 0.25) is 0 Å². The first-order chi connectivity index (χ1) is 11.5. The minimum atomic E-state index is -0.214. The van der Waals surface area contributed by atoms with E-state index >= 15 is 0 Å². The second kappa shape index (κ2) is 6.49. The highest BCUT2D eigenvalue weighted by Gasteiger charge is 2.19. The lowest BCUT2D eigenvalue weighted by atomic mass is 10.1. The zero-order chi connectivity index (χ0) is 17.3. The number of benzene rings is 1. The van der Waals surface area contributed by atoms with Crippen LogP contribution in [0.25, 0.3) is 0 Å². The normalized spacial score (nSPS) is 10.8. The van der Waals surface area contributed by atoms with Gasteiger partial charge >= 0.3 is 0 Å². The van der Waals surface area contributed by atoms with Gasteiger partial charge in [-0.25, -0.2) is 0 Å². The maximum atomic E-state index is 12.6. The minimum Gasteiger partial charge on any atom is -0.305 e. The molecule has 0 spiro atoms. The first kappa shape index (κ1) is 16.3. The van der Waals surface area contributed by atoms with Gasteiger partial charge in [-0.1, -0.05) is 29.8 Å². The Hall–Kier alpha value is -2.60. The molecule has 0 fully saturated rings. The molecule has 0 radical (unpaired) electrons. The van der Waals surface area contributed by atoms with Gasteiger partial charge in [-0.15, -0.1) is 0 Å². The summed E-state index contributed by atoms with van der Waals surface area (Å²) in [6.45, 7) is 4.22. The molecule has 24 heavy (non-hydrogen) atoms. The number of hydrogen-bond acceptors (Lipinski definition) is 3. The monoisotopic (exact) mass is 343 g/mol. The standard InChI is InChI=1S/C17H18ClN5O/c1-11-16(17(24)19-15-8-9-22(3)21-15)12(2)23(20-11)10-13-6-4-5-7-14(13)18/h4-9H,10H2,1-3H3,(H,19,21,24). The van der Waals surface area contributed by atoms with Crippen LogP contribution in [-0.2, 0) is 13.6 Å². The van der Waals surface area contributed by atoms with Crippen LogP contribution >= 0.6 is 11.6 Å². The van der Waals surface area contributed by atoms with Crippen LogP contribution in [0.5, 0.6) is 0 Å². The predicted molar refractivity (Wildman–Crippen MR) is 93.4 cm³/mol. The predicted octanol–water partition coefficient (Wildman–Crippen LogP) is 3.19. The van der Waals surface area contributed by atoms with Gasteiger partial charge in [-0.3, -0.25) is 14.2 Å². The maximum absolute atomic E-state index is 12.6. The quantitative estimate of drug-likeness (QED) is 0.791. The zero-order valence-electron chi connectivity index (χ0n) is 13.7. The number of aromatic nitrogens is 4. The van der Waals surface area contributed by atoms with Crippen molar-refractivity contribution in [3.63, 3.8) is 0 Å². The molecule has 3 aromatic rings. The fourth-order valence-corrected chi connectivity index (χ4v) is 2.82. The second-order valence-corrected chi connectivity index (χ2v) is 6.03. The van der Waals surface area contributed by atoms with Gasteiger partial charge in [0.15, 0.2) is 5.82 Å². The van der Waals surface area contributed by atoms with E-state index in [0.29, 0.717) is 28.6 Å². The van der Waals surface area contributed by atoms with Crippen molar-refractivity contribution < 1.29 is 4.79 Å². The Balaban J connectivity index is 1.86. The fourth-order valence-electron chi connectivity index (χ4n) is 2.63. The molecule has 1 aromatic carbocycles. The number of amides is 1. The van der Waals surface area contributed by atoms with E-state index in [1.807, 2.05) is 38.1 Å². The summed E-state index contributed by atoms with van der Waals surface area (Å²) in [6, 6.07) is 9.36. The highest BCUT2D eigenvalue weighted by atomic mass is 35.5. The van der Waals surface area contributed by atoms with Gasteiger partial charge in [0, 0.05) is 30.0 Å². The average molecular weight is 344 g/mol. The molecule has 0 bridgehead atoms. The molecular weight excluding hydrogens is 326 g/mol. The molecule has 0 unspecified atom stereocenters. The van der Waals surface area contributed by atoms with E-state index in [2.05, 4.69) is 15.5 Å². The van der Waals surface area contributed by atoms with Crippen molar-refractivity contribution in [3.05, 3.63) is 64.1 Å². The van der Waals surface area contributed by atoms with E-state index in [-0.39, 0.29) is 5.91 Å². The first-order valence-electron chi connectivity index (χ1n) is 7.54. The van der Waals surface area contributed by atoms with E-state index in [4.69, 9.17) is 11.6 Å². The SMILES string of the molecule is Cc1nn(Cc2ccccc2Cl)c(C)c1C(=O)Nc1ccn(C)n1. The Labute approximate surface area is 145 Å². The van der Waals surface area contributed by atoms with E-state index < -0.39 is 0 Å². The molecule has 0 aliphatic heterocycles. The van der Waals surface area contributed by atoms with Crippen LogP contribution in [-0.4, -0.2) is 25.5 Å². The lowest BCUT2D eigenvalue weighted by Crippen LogP contribution is -2.15. The molecule has 1 N–H and O–H groups in total. The van der Waals surface area contributed by atoms with Gasteiger partial charge in [-0.2, -0.15) is 10.2 Å². The number of anilines is 1. The number of carbonyl (C=O) groups excluding carboxylic acids is 1. The van der Waals surface area contributed by atoms with Gasteiger partial charge in [0.05, 0.1) is 17.8 Å². The molecule has 1 amide bonds. The lowest BCUT2D eigenvalue weighted by molar-refractivity contribution is 0.102. The first-order valence-corrected chi connectivity index (χ1v) is 7.92. The number of nitrogens with one attached hydrogen (secondary N) is 1. The maximum Gasteiger partial charge on any atom is 0.260 e. The summed E-state index contributed by atoms with van der Waals surface area (Å²) in [5.41, 5.74) is 2.99. The summed E-state index contributed by atoms with van der Waals surface area (Å²) in [7, 11) is 1.80. The summed E-state index contributed by atoms with van der Waals surface area (Å²) < 4.78 is 3.43. The van der Waals surface area contributed by atoms with Gasteiger partial charge in [-0.05, 0) is 25.5 Å². The fraction of sp³-hybridized carbons (Fsp3) is 0.235. The van der Waals surface area contributed by atoms with E-state index in [0.717, 1.165) is 11.3 Å². The van der Waals surface area contributed by atoms with Crippen molar-refractivity contribution in [2.75, 3.05) is 5.32 Å². The Morgan fingerprint density at radius 3 is 2.62 bits per heavy atom. The molecule has 6 nitrogen and oxygen atoms in total. The van der Waals surface area contributed by atoms with Gasteiger partial charge in [0.1, 0.15) is 0 Å². The Morgan fingerprint density at radius 1 is 1.21 bits per heavy atom. The number of carbonyl (C=O) groups is 1. The van der Waals surface area contributed by atoms with Crippen LogP contribution in [0.3, 0.4) is 0 Å². The lowest BCUT2D eigenvalue weighted by Gasteiger charge is -2.07. The summed E-state index contributed by atoms with van der Waals surface area (Å²) in [6.07, 6.45) is 1.77. The van der Waals surface area contributed by atoms with Crippen molar-refractivity contribution in [2.24, 2.45) is 7.05 Å². The highest BCUT2D eigenvalue weighted by molar-refractivity contribution is 6.31. The largest absolute Gasteiger partial charge is 0.305 e. The highest BCUT2D eigenvalue weighted by Crippen LogP contribution is 2.20. The summed E-state index contributed by atoms with van der Waals surface area (Å²) in [4.78, 5) is 12.6. The van der Waals surface area contributed by atoms with Crippen LogP contribution in [0, 0.1) is 13.8 Å². The third kappa shape index (κ3) is 3.19. The third-order valence-corrected chi connectivity index (χ3v) is 4.21. The number of nitrogens with zero attached hydrogens (tertiary/aromatic N) is 4. The summed E-state index contributed by atoms with van der Waals surface area (Å²) >= 11 is 6.21. The van der Waals surface area contributed by atoms with Gasteiger partial charge in [0.25, 0.3) is 5.91 Å². The zero-order valence-corrected chi connectivity index (χ0v) is 14.5. The summed E-state index contributed by atoms with van der Waals surface area (Å²) in [5, 5.41) is 12.1. The minimum absolute atomic E-state index is 0.214. The van der Waals surface area contributed by atoms with E-state index in [1.165, 1.54) is 0 Å². The van der Waals surface area contributed by atoms with E-state index in [9.17, 15) is 4.79 Å². The molecule has 0 aliphatic rings. The molecule has 0 saturated heterocycles. The molecule has 124 valence electrons. The number of rotatable bonds is 4. The van der Waals surface area contributed by atoms with Crippen LogP contribution in [0.15, 0.2) is 36.5 Å². The van der Waals surface area contributed by atoms with Crippen LogP contribution < -0.4 is 5.32 Å². The average Bonchev–Trinajstić information content (AvgIpc) is 3.05. The Morgan fingerprint density at radius 2 is 1.96 bits per heavy atom. The Kier molecular flexibility index (Phi) is 4.40. The molecule has 0 aliphatic carbocycles. The molecule has 0 atom stereocenters. The van der Waals surface area contributed by atoms with E-state index in [1.54, 1.807) is 28.7 Å². The molecule has 7 heteroatoms. The van der Waals surface area contributed by atoms with Crippen molar-refractivity contribution >= 4 is 23.3 Å². The topological polar surface area (TPSA) is 64.7 Å². The molecule has 2 heterocycles. The molecule has 0 saturated carbocycles. The van der Waals surface area contributed by atoms with Crippen LogP contribution in [0.2, 0.25) is 5.02 Å². The van der Waals surface area contributed by atoms with Crippen molar-refractivity contribution in [2.45, 2.75) is 20.4 Å². The molecular formula is C17H18ClN5O. The van der Waals surface area contributed by atoms with Crippen LogP contribution in [0.1, 0.15) is 27.3 Å². The van der Waals surface area contributed by atoms with Crippen molar-refractivity contribution in [3.8, 4) is 0 Å². The Bertz CT molecular complexity index is 896. The smallest absolute Gasteiger partial charge is 0.260 e. The number of hydrogen-bond donors (Lipinski definition) is 1. The number of aryl methyl sites for hydroxylation is 2. The summed E-state index contributed by atoms with van der Waals surface area (Å²) in [5.74, 6) is 0.300. The van der Waals surface area contributed by atoms with Gasteiger partial charge < -0.3 is 5.32 Å². The van der Waals surface area contributed by atoms with Crippen molar-refractivity contribution in [1.82, 2.24) is 19.6 Å². The number of halogens is 1. The van der Waals surface area contributed by atoms with Crippen molar-refractivity contribution in [1.29, 1.82) is 0 Å². The molecule has 3 rings (SSSR count). The van der Waals surface area contributed by atoms with Crippen LogP contribution in [0.4, 0.5) is 5.82 Å². The second-order valence-electron chi connectivity index (χ2n) is 5.62. The third-order valence-electron chi connectivity index (χ3n) is 3.84. The molecule has 2 aromatic heterocycles.